The average molecular weight is 413 g/mol. The standard InChI is InChI=1S/C29H48O/c1-8-30-24-14-23-29(7)22-13-20-27(5)17-10-9-16-26(4)19-12-21-28(6)18-11-15-25(2)3/h8-9,15-17,21-22,26H,1,10-14,18-20,23-24H2,2-7H3. The van der Waals surface area contributed by atoms with Gasteiger partial charge >= 0.3 is 0 Å². The summed E-state index contributed by atoms with van der Waals surface area (Å²) < 4.78 is 5.17. The van der Waals surface area contributed by atoms with Crippen LogP contribution >= 0.6 is 0 Å². The van der Waals surface area contributed by atoms with Crippen LogP contribution in [0.25, 0.3) is 0 Å². The van der Waals surface area contributed by atoms with E-state index in [1.54, 1.807) is 0 Å². The summed E-state index contributed by atoms with van der Waals surface area (Å²) in [6.07, 6.45) is 26.0. The second-order valence-corrected chi connectivity index (χ2v) is 8.87. The highest BCUT2D eigenvalue weighted by Gasteiger charge is 1.96. The van der Waals surface area contributed by atoms with Gasteiger partial charge in [0.15, 0.2) is 0 Å². The Labute approximate surface area is 188 Å². The van der Waals surface area contributed by atoms with Crippen molar-refractivity contribution in [2.75, 3.05) is 6.61 Å². The lowest BCUT2D eigenvalue weighted by atomic mass is 10.0. The van der Waals surface area contributed by atoms with E-state index in [0.717, 1.165) is 38.7 Å². The topological polar surface area (TPSA) is 9.23 Å². The highest BCUT2D eigenvalue weighted by atomic mass is 16.5. The molecule has 30 heavy (non-hydrogen) atoms. The molecule has 0 heterocycles. The van der Waals surface area contributed by atoms with E-state index in [0.29, 0.717) is 5.92 Å². The molecule has 0 aliphatic carbocycles. The fourth-order valence-electron chi connectivity index (χ4n) is 3.23. The molecular weight excluding hydrogens is 364 g/mol. The van der Waals surface area contributed by atoms with Gasteiger partial charge in [-0.3, -0.25) is 0 Å². The molecule has 0 bridgehead atoms. The number of hydrogen-bond acceptors (Lipinski definition) is 1. The molecular formula is C29H48O. The molecule has 0 aromatic rings. The lowest BCUT2D eigenvalue weighted by Crippen LogP contribution is -1.89. The smallest absolute Gasteiger partial charge is 0.0876 e. The van der Waals surface area contributed by atoms with Crippen molar-refractivity contribution in [3.8, 4) is 0 Å². The summed E-state index contributed by atoms with van der Waals surface area (Å²) in [5, 5.41) is 0. The molecule has 1 atom stereocenters. The van der Waals surface area contributed by atoms with Crippen LogP contribution in [0.3, 0.4) is 0 Å². The van der Waals surface area contributed by atoms with Gasteiger partial charge < -0.3 is 4.74 Å². The lowest BCUT2D eigenvalue weighted by molar-refractivity contribution is 0.246. The van der Waals surface area contributed by atoms with E-state index < -0.39 is 0 Å². The van der Waals surface area contributed by atoms with Gasteiger partial charge in [0.1, 0.15) is 0 Å². The van der Waals surface area contributed by atoms with Crippen LogP contribution in [0.1, 0.15) is 99.3 Å². The number of hydrogen-bond donors (Lipinski definition) is 0. The Kier molecular flexibility index (Phi) is 18.1. The van der Waals surface area contributed by atoms with Crippen LogP contribution in [-0.4, -0.2) is 6.61 Å². The Bertz CT molecular complexity index is 594. The first-order chi connectivity index (χ1) is 14.3. The van der Waals surface area contributed by atoms with Gasteiger partial charge in [0.25, 0.3) is 0 Å². The van der Waals surface area contributed by atoms with Crippen molar-refractivity contribution in [2.24, 2.45) is 5.92 Å². The van der Waals surface area contributed by atoms with Gasteiger partial charge in [-0.15, -0.1) is 0 Å². The molecule has 0 saturated heterocycles. The minimum absolute atomic E-state index is 0.649. The van der Waals surface area contributed by atoms with Crippen LogP contribution in [0.4, 0.5) is 0 Å². The second-order valence-electron chi connectivity index (χ2n) is 8.87. The van der Waals surface area contributed by atoms with Crippen LogP contribution in [0.2, 0.25) is 0 Å². The van der Waals surface area contributed by atoms with Gasteiger partial charge in [0.05, 0.1) is 12.9 Å². The van der Waals surface area contributed by atoms with Gasteiger partial charge in [-0.2, -0.15) is 0 Å². The van der Waals surface area contributed by atoms with Crippen LogP contribution in [-0.2, 0) is 4.74 Å². The van der Waals surface area contributed by atoms with Crippen molar-refractivity contribution in [1.82, 2.24) is 0 Å². The SMILES string of the molecule is C=COCCCC(C)=CCCC(C)=CCC=CC(C)CCC=C(C)CCC=C(C)C. The average Bonchev–Trinajstić information content (AvgIpc) is 2.68. The van der Waals surface area contributed by atoms with Crippen molar-refractivity contribution >= 4 is 0 Å². The Morgan fingerprint density at radius 3 is 2.07 bits per heavy atom. The summed E-state index contributed by atoms with van der Waals surface area (Å²) in [5.74, 6) is 0.649. The first kappa shape index (κ1) is 28.2. The second kappa shape index (κ2) is 19.2. The maximum absolute atomic E-state index is 5.17. The van der Waals surface area contributed by atoms with Crippen LogP contribution < -0.4 is 0 Å². The zero-order valence-corrected chi connectivity index (χ0v) is 20.8. The van der Waals surface area contributed by atoms with Crippen LogP contribution in [0.15, 0.2) is 71.6 Å². The third kappa shape index (κ3) is 19.6. The molecule has 0 aromatic carbocycles. The molecule has 0 aromatic heterocycles. The molecule has 0 saturated carbocycles. The predicted octanol–water partition coefficient (Wildman–Crippen LogP) is 9.65. The van der Waals surface area contributed by atoms with E-state index in [1.807, 2.05) is 0 Å². The van der Waals surface area contributed by atoms with Gasteiger partial charge in [-0.1, -0.05) is 72.3 Å². The van der Waals surface area contributed by atoms with E-state index >= 15 is 0 Å². The summed E-state index contributed by atoms with van der Waals surface area (Å²) in [5.41, 5.74) is 5.89. The number of ether oxygens (including phenoxy) is 1. The minimum Gasteiger partial charge on any atom is -0.502 e. The molecule has 0 radical (unpaired) electrons. The maximum Gasteiger partial charge on any atom is 0.0876 e. The van der Waals surface area contributed by atoms with E-state index in [9.17, 15) is 0 Å². The highest BCUT2D eigenvalue weighted by Crippen LogP contribution is 2.14. The summed E-state index contributed by atoms with van der Waals surface area (Å²) >= 11 is 0. The fraction of sp³-hybridized carbons (Fsp3) is 0.586. The Morgan fingerprint density at radius 1 is 0.800 bits per heavy atom. The Morgan fingerprint density at radius 2 is 1.40 bits per heavy atom. The third-order valence-corrected chi connectivity index (χ3v) is 5.26. The predicted molar refractivity (Wildman–Crippen MR) is 137 cm³/mol. The molecule has 0 spiro atoms. The summed E-state index contributed by atoms with van der Waals surface area (Å²) in [6.45, 7) is 17.7. The van der Waals surface area contributed by atoms with Crippen molar-refractivity contribution in [3.63, 3.8) is 0 Å². The first-order valence-electron chi connectivity index (χ1n) is 11.8. The fourth-order valence-corrected chi connectivity index (χ4v) is 3.23. The van der Waals surface area contributed by atoms with Crippen molar-refractivity contribution in [3.05, 3.63) is 71.6 Å². The molecule has 0 N–H and O–H groups in total. The molecule has 1 heteroatoms. The van der Waals surface area contributed by atoms with E-state index in [4.69, 9.17) is 4.74 Å². The summed E-state index contributed by atoms with van der Waals surface area (Å²) in [4.78, 5) is 0. The Balaban J connectivity index is 4.00. The largest absolute Gasteiger partial charge is 0.502 e. The molecule has 1 nitrogen and oxygen atoms in total. The molecule has 0 amide bonds. The van der Waals surface area contributed by atoms with Crippen LogP contribution in [0, 0.1) is 5.92 Å². The quantitative estimate of drug-likeness (QED) is 0.131. The first-order valence-corrected chi connectivity index (χ1v) is 11.8. The Hall–Kier alpha value is -1.76. The van der Waals surface area contributed by atoms with Crippen LogP contribution in [0.5, 0.6) is 0 Å². The van der Waals surface area contributed by atoms with Crippen molar-refractivity contribution in [1.29, 1.82) is 0 Å². The molecule has 0 fully saturated rings. The van der Waals surface area contributed by atoms with E-state index in [1.165, 1.54) is 54.2 Å². The molecule has 170 valence electrons. The number of allylic oxidation sites excluding steroid dienone is 10. The summed E-state index contributed by atoms with van der Waals surface area (Å²) in [7, 11) is 0. The van der Waals surface area contributed by atoms with Gasteiger partial charge in [-0.25, -0.2) is 0 Å². The van der Waals surface area contributed by atoms with E-state index in [2.05, 4.69) is 84.6 Å². The molecule has 0 aliphatic rings. The van der Waals surface area contributed by atoms with Gasteiger partial charge in [0, 0.05) is 0 Å². The van der Waals surface area contributed by atoms with Crippen molar-refractivity contribution in [2.45, 2.75) is 99.3 Å². The third-order valence-electron chi connectivity index (χ3n) is 5.26. The molecule has 0 rings (SSSR count). The van der Waals surface area contributed by atoms with E-state index in [-0.39, 0.29) is 0 Å². The molecule has 0 aliphatic heterocycles. The zero-order chi connectivity index (χ0) is 22.6. The maximum atomic E-state index is 5.17. The van der Waals surface area contributed by atoms with Gasteiger partial charge in [0.2, 0.25) is 0 Å². The monoisotopic (exact) mass is 412 g/mol. The zero-order valence-electron chi connectivity index (χ0n) is 20.8. The lowest BCUT2D eigenvalue weighted by Gasteiger charge is -2.05. The number of rotatable bonds is 17. The minimum atomic E-state index is 0.649. The highest BCUT2D eigenvalue weighted by molar-refractivity contribution is 5.06. The summed E-state index contributed by atoms with van der Waals surface area (Å²) in [6, 6.07) is 0. The molecule has 1 unspecified atom stereocenters. The van der Waals surface area contributed by atoms with Crippen molar-refractivity contribution < 1.29 is 4.74 Å². The normalized spacial score (nSPS) is 14.1. The van der Waals surface area contributed by atoms with Gasteiger partial charge in [-0.05, 0) is 98.3 Å².